The first-order chi connectivity index (χ1) is 6.99. The lowest BCUT2D eigenvalue weighted by Gasteiger charge is -2.14. The average molecular weight is 236 g/mol. The zero-order valence-electron chi connectivity index (χ0n) is 10.2. The van der Waals surface area contributed by atoms with Gasteiger partial charge in [0, 0.05) is 0 Å². The fraction of sp³-hybridized carbons (Fsp3) is 1.00. The summed E-state index contributed by atoms with van der Waals surface area (Å²) in [6.07, 6.45) is 8.33. The summed E-state index contributed by atoms with van der Waals surface area (Å²) < 4.78 is 27.0. The van der Waals surface area contributed by atoms with E-state index in [0.717, 1.165) is 31.9 Å². The van der Waals surface area contributed by atoms with Crippen molar-refractivity contribution in [1.82, 2.24) is 0 Å². The van der Waals surface area contributed by atoms with Crippen molar-refractivity contribution in [3.63, 3.8) is 0 Å². The van der Waals surface area contributed by atoms with Crippen LogP contribution in [-0.2, 0) is 14.3 Å². The molecule has 0 aromatic heterocycles. The molecule has 0 saturated carbocycles. The molecule has 4 heteroatoms. The Morgan fingerprint density at radius 2 is 1.67 bits per heavy atom. The van der Waals surface area contributed by atoms with Crippen LogP contribution in [0.15, 0.2) is 0 Å². The van der Waals surface area contributed by atoms with E-state index in [1.165, 1.54) is 19.3 Å². The second kappa shape index (κ2) is 8.11. The maximum Gasteiger partial charge on any atom is 0.264 e. The molecule has 0 saturated heterocycles. The third-order valence-corrected chi connectivity index (χ3v) is 2.92. The van der Waals surface area contributed by atoms with Crippen molar-refractivity contribution in [2.75, 3.05) is 6.26 Å². The molecular weight excluding hydrogens is 212 g/mol. The van der Waals surface area contributed by atoms with E-state index in [-0.39, 0.29) is 6.10 Å². The first kappa shape index (κ1) is 14.9. The van der Waals surface area contributed by atoms with Gasteiger partial charge in [0.2, 0.25) is 0 Å². The number of unbranched alkanes of at least 4 members (excludes halogenated alkanes) is 3. The van der Waals surface area contributed by atoms with Gasteiger partial charge >= 0.3 is 0 Å². The molecule has 0 bridgehead atoms. The van der Waals surface area contributed by atoms with Gasteiger partial charge in [-0.1, -0.05) is 46.0 Å². The summed E-state index contributed by atoms with van der Waals surface area (Å²) in [4.78, 5) is 0. The zero-order valence-corrected chi connectivity index (χ0v) is 11.0. The van der Waals surface area contributed by atoms with Gasteiger partial charge in [-0.15, -0.1) is 0 Å². The van der Waals surface area contributed by atoms with Crippen molar-refractivity contribution in [2.24, 2.45) is 0 Å². The molecule has 0 aromatic carbocycles. The first-order valence-corrected chi connectivity index (χ1v) is 7.69. The van der Waals surface area contributed by atoms with E-state index in [0.29, 0.717) is 0 Å². The van der Waals surface area contributed by atoms with Gasteiger partial charge in [-0.05, 0) is 12.8 Å². The molecule has 3 nitrogen and oxygen atoms in total. The van der Waals surface area contributed by atoms with Crippen molar-refractivity contribution < 1.29 is 12.6 Å². The van der Waals surface area contributed by atoms with Crippen molar-refractivity contribution in [3.8, 4) is 0 Å². The molecule has 0 aliphatic carbocycles. The third kappa shape index (κ3) is 10.2. The minimum atomic E-state index is -3.29. The highest BCUT2D eigenvalue weighted by Crippen LogP contribution is 2.14. The van der Waals surface area contributed by atoms with Crippen LogP contribution < -0.4 is 0 Å². The van der Waals surface area contributed by atoms with Gasteiger partial charge in [0.25, 0.3) is 10.1 Å². The highest BCUT2D eigenvalue weighted by molar-refractivity contribution is 7.86. The van der Waals surface area contributed by atoms with Crippen LogP contribution in [0.3, 0.4) is 0 Å². The highest BCUT2D eigenvalue weighted by Gasteiger charge is 2.13. The van der Waals surface area contributed by atoms with Crippen LogP contribution in [-0.4, -0.2) is 20.8 Å². The van der Waals surface area contributed by atoms with E-state index in [1.807, 2.05) is 6.92 Å². The Balaban J connectivity index is 3.83. The lowest BCUT2D eigenvalue weighted by molar-refractivity contribution is 0.185. The second-order valence-electron chi connectivity index (χ2n) is 4.06. The third-order valence-electron chi connectivity index (χ3n) is 2.30. The summed E-state index contributed by atoms with van der Waals surface area (Å²) in [6, 6.07) is 0. The summed E-state index contributed by atoms with van der Waals surface area (Å²) in [5, 5.41) is 0. The van der Waals surface area contributed by atoms with E-state index < -0.39 is 10.1 Å². The number of hydrogen-bond donors (Lipinski definition) is 0. The molecule has 0 N–H and O–H groups in total. The smallest absolute Gasteiger partial charge is 0.264 e. The molecule has 15 heavy (non-hydrogen) atoms. The standard InChI is InChI=1S/C11H24O3S/c1-4-6-7-8-10-11(9-5-2)14-15(3,12)13/h11H,4-10H2,1-3H3/t11-/m0/s1. The molecule has 0 amide bonds. The van der Waals surface area contributed by atoms with Crippen LogP contribution in [0.4, 0.5) is 0 Å². The van der Waals surface area contributed by atoms with Crippen LogP contribution in [0.25, 0.3) is 0 Å². The van der Waals surface area contributed by atoms with Gasteiger partial charge in [0.05, 0.1) is 12.4 Å². The van der Waals surface area contributed by atoms with Crippen molar-refractivity contribution >= 4 is 10.1 Å². The fourth-order valence-corrected chi connectivity index (χ4v) is 2.30. The maximum absolute atomic E-state index is 11.0. The summed E-state index contributed by atoms with van der Waals surface area (Å²) in [5.74, 6) is 0. The van der Waals surface area contributed by atoms with Gasteiger partial charge in [-0.25, -0.2) is 0 Å². The second-order valence-corrected chi connectivity index (χ2v) is 5.66. The lowest BCUT2D eigenvalue weighted by atomic mass is 10.1. The van der Waals surface area contributed by atoms with Crippen molar-refractivity contribution in [3.05, 3.63) is 0 Å². The van der Waals surface area contributed by atoms with E-state index in [1.54, 1.807) is 0 Å². The molecule has 92 valence electrons. The van der Waals surface area contributed by atoms with Crippen molar-refractivity contribution in [1.29, 1.82) is 0 Å². The van der Waals surface area contributed by atoms with Gasteiger partial charge in [-0.2, -0.15) is 8.42 Å². The summed E-state index contributed by atoms with van der Waals surface area (Å²) >= 11 is 0. The van der Waals surface area contributed by atoms with Crippen LogP contribution in [0, 0.1) is 0 Å². The molecule has 0 unspecified atom stereocenters. The van der Waals surface area contributed by atoms with E-state index in [4.69, 9.17) is 4.18 Å². The van der Waals surface area contributed by atoms with Crippen LogP contribution in [0.1, 0.15) is 58.8 Å². The van der Waals surface area contributed by atoms with E-state index in [9.17, 15) is 8.42 Å². The minimum Gasteiger partial charge on any atom is -0.267 e. The average Bonchev–Trinajstić information content (AvgIpc) is 2.10. The normalized spacial score (nSPS) is 14.1. The highest BCUT2D eigenvalue weighted by atomic mass is 32.2. The summed E-state index contributed by atoms with van der Waals surface area (Å²) in [5.41, 5.74) is 0. The van der Waals surface area contributed by atoms with Gasteiger partial charge in [0.1, 0.15) is 0 Å². The maximum atomic E-state index is 11.0. The topological polar surface area (TPSA) is 43.4 Å². The monoisotopic (exact) mass is 236 g/mol. The van der Waals surface area contributed by atoms with Gasteiger partial charge in [-0.3, -0.25) is 4.18 Å². The molecule has 1 atom stereocenters. The van der Waals surface area contributed by atoms with Gasteiger partial charge < -0.3 is 0 Å². The Morgan fingerprint density at radius 1 is 1.00 bits per heavy atom. The van der Waals surface area contributed by atoms with Crippen LogP contribution >= 0.6 is 0 Å². The summed E-state index contributed by atoms with van der Waals surface area (Å²) in [7, 11) is -3.29. The Hall–Kier alpha value is -0.0900. The quantitative estimate of drug-likeness (QED) is 0.456. The molecular formula is C11H24O3S. The Morgan fingerprint density at radius 3 is 2.13 bits per heavy atom. The molecule has 0 rings (SSSR count). The van der Waals surface area contributed by atoms with E-state index >= 15 is 0 Å². The Bertz CT molecular complexity index is 234. The molecule has 0 aliphatic rings. The summed E-state index contributed by atoms with van der Waals surface area (Å²) in [6.45, 7) is 4.21. The fourth-order valence-electron chi connectivity index (χ4n) is 1.61. The van der Waals surface area contributed by atoms with Gasteiger partial charge in [0.15, 0.2) is 0 Å². The zero-order chi connectivity index (χ0) is 11.7. The predicted octanol–water partition coefficient (Wildman–Crippen LogP) is 3.10. The molecule has 0 spiro atoms. The van der Waals surface area contributed by atoms with Crippen molar-refractivity contribution in [2.45, 2.75) is 64.9 Å². The first-order valence-electron chi connectivity index (χ1n) is 5.87. The molecule has 0 aliphatic heterocycles. The lowest BCUT2D eigenvalue weighted by Crippen LogP contribution is -2.17. The molecule has 0 fully saturated rings. The minimum absolute atomic E-state index is 0.109. The Labute approximate surface area is 94.3 Å². The van der Waals surface area contributed by atoms with Crippen LogP contribution in [0.2, 0.25) is 0 Å². The molecule has 0 radical (unpaired) electrons. The van der Waals surface area contributed by atoms with E-state index in [2.05, 4.69) is 6.92 Å². The number of rotatable bonds is 9. The molecule has 0 aromatic rings. The predicted molar refractivity (Wildman–Crippen MR) is 63.4 cm³/mol. The SMILES string of the molecule is CCCCCC[C@H](CCC)OS(C)(=O)=O. The number of hydrogen-bond acceptors (Lipinski definition) is 3. The largest absolute Gasteiger partial charge is 0.267 e. The van der Waals surface area contributed by atoms with Crippen LogP contribution in [0.5, 0.6) is 0 Å². The Kier molecular flexibility index (Phi) is 8.06. The molecule has 0 heterocycles.